The normalized spacial score (nSPS) is 10.5. The Kier molecular flexibility index (Phi) is 2.32. The van der Waals surface area contributed by atoms with Crippen LogP contribution in [0.25, 0.3) is 11.0 Å². The summed E-state index contributed by atoms with van der Waals surface area (Å²) in [5.74, 6) is -0.314. The number of halogens is 1. The van der Waals surface area contributed by atoms with Crippen molar-refractivity contribution in [2.24, 2.45) is 0 Å². The van der Waals surface area contributed by atoms with E-state index in [1.54, 1.807) is 12.1 Å². The van der Waals surface area contributed by atoms with Crippen LogP contribution in [0.1, 0.15) is 17.3 Å². The molecule has 15 heavy (non-hydrogen) atoms. The third-order valence-corrected chi connectivity index (χ3v) is 2.35. The molecule has 3 nitrogen and oxygen atoms in total. The minimum absolute atomic E-state index is 0.0461. The van der Waals surface area contributed by atoms with E-state index in [1.807, 2.05) is 0 Å². The van der Waals surface area contributed by atoms with Crippen molar-refractivity contribution in [1.82, 2.24) is 0 Å². The predicted octanol–water partition coefficient (Wildman–Crippen LogP) is 2.65. The fourth-order valence-corrected chi connectivity index (χ4v) is 1.52. The van der Waals surface area contributed by atoms with Crippen LogP contribution >= 0.6 is 11.6 Å². The molecule has 0 spiro atoms. The van der Waals surface area contributed by atoms with Crippen molar-refractivity contribution in [1.29, 1.82) is 0 Å². The van der Waals surface area contributed by atoms with Gasteiger partial charge >= 0.3 is 0 Å². The van der Waals surface area contributed by atoms with Crippen LogP contribution in [-0.2, 0) is 0 Å². The Morgan fingerprint density at radius 3 is 2.80 bits per heavy atom. The van der Waals surface area contributed by atoms with Crippen LogP contribution in [0.15, 0.2) is 33.7 Å². The van der Waals surface area contributed by atoms with Gasteiger partial charge in [-0.3, -0.25) is 9.59 Å². The van der Waals surface area contributed by atoms with Crippen molar-refractivity contribution in [2.45, 2.75) is 6.92 Å². The van der Waals surface area contributed by atoms with Crippen molar-refractivity contribution in [3.63, 3.8) is 0 Å². The first kappa shape index (κ1) is 9.93. The van der Waals surface area contributed by atoms with E-state index < -0.39 is 0 Å². The molecule has 0 amide bonds. The molecule has 0 aliphatic carbocycles. The molecule has 2 rings (SSSR count). The van der Waals surface area contributed by atoms with Crippen LogP contribution in [0.4, 0.5) is 0 Å². The van der Waals surface area contributed by atoms with Crippen LogP contribution in [0.5, 0.6) is 0 Å². The molecule has 0 bridgehead atoms. The molecule has 0 unspecified atom stereocenters. The van der Waals surface area contributed by atoms with Crippen molar-refractivity contribution in [3.8, 4) is 0 Å². The third-order valence-electron chi connectivity index (χ3n) is 2.11. The smallest absolute Gasteiger partial charge is 0.203 e. The molecule has 0 radical (unpaired) electrons. The van der Waals surface area contributed by atoms with Gasteiger partial charge in [0.1, 0.15) is 17.4 Å². The number of carbonyl (C=O) groups excluding carboxylic acids is 1. The van der Waals surface area contributed by atoms with Crippen LogP contribution < -0.4 is 5.43 Å². The van der Waals surface area contributed by atoms with Crippen molar-refractivity contribution < 1.29 is 9.21 Å². The Hall–Kier alpha value is -1.61. The van der Waals surface area contributed by atoms with Crippen LogP contribution in [0.3, 0.4) is 0 Å². The Bertz CT molecular complexity index is 598. The van der Waals surface area contributed by atoms with Crippen molar-refractivity contribution in [3.05, 3.63) is 45.3 Å². The highest BCUT2D eigenvalue weighted by molar-refractivity contribution is 6.31. The molecule has 0 fully saturated rings. The second-order valence-corrected chi connectivity index (χ2v) is 3.61. The quantitative estimate of drug-likeness (QED) is 0.697. The average molecular weight is 223 g/mol. The predicted molar refractivity (Wildman–Crippen MR) is 57.5 cm³/mol. The first-order valence-corrected chi connectivity index (χ1v) is 4.69. The molecule has 1 aromatic heterocycles. The molecular weight excluding hydrogens is 216 g/mol. The van der Waals surface area contributed by atoms with E-state index in [2.05, 4.69) is 0 Å². The lowest BCUT2D eigenvalue weighted by Gasteiger charge is -1.99. The lowest BCUT2D eigenvalue weighted by Crippen LogP contribution is -2.12. The number of Topliss-reactive ketones (excluding diaryl/α,β-unsaturated/α-hetero) is 1. The van der Waals surface area contributed by atoms with E-state index in [9.17, 15) is 9.59 Å². The fourth-order valence-electron chi connectivity index (χ4n) is 1.35. The minimum atomic E-state index is -0.341. The Morgan fingerprint density at radius 2 is 2.13 bits per heavy atom. The number of carbonyl (C=O) groups is 1. The molecule has 0 saturated heterocycles. The number of hydrogen-bond acceptors (Lipinski definition) is 3. The van der Waals surface area contributed by atoms with Gasteiger partial charge in [-0.05, 0) is 25.1 Å². The van der Waals surface area contributed by atoms with Gasteiger partial charge in [0.25, 0.3) is 0 Å². The summed E-state index contributed by atoms with van der Waals surface area (Å²) in [6.07, 6.45) is 1.18. The van der Waals surface area contributed by atoms with E-state index in [-0.39, 0.29) is 16.8 Å². The van der Waals surface area contributed by atoms with Gasteiger partial charge in [-0.2, -0.15) is 0 Å². The molecular formula is C11H7ClO3. The van der Waals surface area contributed by atoms with E-state index in [4.69, 9.17) is 16.0 Å². The van der Waals surface area contributed by atoms with E-state index in [0.29, 0.717) is 16.0 Å². The van der Waals surface area contributed by atoms with Crippen LogP contribution in [0, 0.1) is 0 Å². The average Bonchev–Trinajstić information content (AvgIpc) is 2.19. The fraction of sp³-hybridized carbons (Fsp3) is 0.0909. The monoisotopic (exact) mass is 222 g/mol. The third kappa shape index (κ3) is 1.66. The summed E-state index contributed by atoms with van der Waals surface area (Å²) in [6.45, 7) is 1.32. The maximum Gasteiger partial charge on any atom is 0.203 e. The molecule has 1 heterocycles. The number of benzene rings is 1. The Balaban J connectivity index is 2.89. The highest BCUT2D eigenvalue weighted by Crippen LogP contribution is 2.17. The zero-order valence-electron chi connectivity index (χ0n) is 7.91. The van der Waals surface area contributed by atoms with Crippen molar-refractivity contribution >= 4 is 28.4 Å². The summed E-state index contributed by atoms with van der Waals surface area (Å²) < 4.78 is 5.16. The number of rotatable bonds is 1. The summed E-state index contributed by atoms with van der Waals surface area (Å²) in [4.78, 5) is 22.9. The number of hydrogen-bond donors (Lipinski definition) is 0. The van der Waals surface area contributed by atoms with Gasteiger partial charge in [0, 0.05) is 5.02 Å². The second kappa shape index (κ2) is 3.51. The molecule has 76 valence electrons. The summed E-state index contributed by atoms with van der Waals surface area (Å²) in [5.41, 5.74) is 0.130. The summed E-state index contributed by atoms with van der Waals surface area (Å²) in [5, 5.41) is 0.769. The maximum atomic E-state index is 11.8. The first-order chi connectivity index (χ1) is 7.09. The Morgan fingerprint density at radius 1 is 1.40 bits per heavy atom. The van der Waals surface area contributed by atoms with Gasteiger partial charge < -0.3 is 4.42 Å². The molecule has 1 aromatic carbocycles. The topological polar surface area (TPSA) is 47.3 Å². The lowest BCUT2D eigenvalue weighted by atomic mass is 10.1. The molecule has 0 N–H and O–H groups in total. The molecule has 0 saturated carbocycles. The minimum Gasteiger partial charge on any atom is -0.463 e. The van der Waals surface area contributed by atoms with Gasteiger partial charge in [0.05, 0.1) is 5.39 Å². The van der Waals surface area contributed by atoms with Crippen LogP contribution in [0.2, 0.25) is 5.02 Å². The summed E-state index contributed by atoms with van der Waals surface area (Å²) >= 11 is 5.76. The first-order valence-electron chi connectivity index (χ1n) is 4.31. The number of ketones is 1. The molecule has 2 aromatic rings. The zero-order valence-corrected chi connectivity index (χ0v) is 8.67. The maximum absolute atomic E-state index is 11.8. The lowest BCUT2D eigenvalue weighted by molar-refractivity contribution is 0.101. The largest absolute Gasteiger partial charge is 0.463 e. The van der Waals surface area contributed by atoms with Gasteiger partial charge in [0.2, 0.25) is 5.43 Å². The summed E-state index contributed by atoms with van der Waals surface area (Å²) in [7, 11) is 0. The highest BCUT2D eigenvalue weighted by Gasteiger charge is 2.10. The molecule has 0 atom stereocenters. The van der Waals surface area contributed by atoms with Gasteiger partial charge in [-0.25, -0.2) is 0 Å². The Labute approximate surface area is 90.3 Å². The van der Waals surface area contributed by atoms with Gasteiger partial charge in [-0.1, -0.05) is 11.6 Å². The summed E-state index contributed by atoms with van der Waals surface area (Å²) in [6, 6.07) is 4.72. The molecule has 4 heteroatoms. The van der Waals surface area contributed by atoms with Crippen molar-refractivity contribution in [2.75, 3.05) is 0 Å². The SMILES string of the molecule is CC(=O)c1coc2ccc(Cl)cc2c1=O. The van der Waals surface area contributed by atoms with E-state index >= 15 is 0 Å². The number of fused-ring (bicyclic) bond motifs is 1. The van der Waals surface area contributed by atoms with E-state index in [1.165, 1.54) is 19.3 Å². The highest BCUT2D eigenvalue weighted by atomic mass is 35.5. The van der Waals surface area contributed by atoms with Crippen LogP contribution in [-0.4, -0.2) is 5.78 Å². The van der Waals surface area contributed by atoms with Gasteiger partial charge in [0.15, 0.2) is 5.78 Å². The molecule has 0 aliphatic rings. The van der Waals surface area contributed by atoms with E-state index in [0.717, 1.165) is 0 Å². The standard InChI is InChI=1S/C11H7ClO3/c1-6(13)9-5-15-10-3-2-7(12)4-8(10)11(9)14/h2-5H,1H3. The van der Waals surface area contributed by atoms with Gasteiger partial charge in [-0.15, -0.1) is 0 Å². The molecule has 0 aliphatic heterocycles. The zero-order chi connectivity index (χ0) is 11.0. The second-order valence-electron chi connectivity index (χ2n) is 3.18.